The van der Waals surface area contributed by atoms with Gasteiger partial charge in [-0.1, -0.05) is 42.5 Å². The molecule has 1 saturated heterocycles. The second kappa shape index (κ2) is 9.09. The normalized spacial score (nSPS) is 15.7. The molecular weight excluding hydrogens is 396 g/mol. The van der Waals surface area contributed by atoms with Crippen molar-refractivity contribution in [1.82, 2.24) is 19.7 Å². The van der Waals surface area contributed by atoms with Gasteiger partial charge >= 0.3 is 5.69 Å². The summed E-state index contributed by atoms with van der Waals surface area (Å²) in [7, 11) is 0. The molecule has 0 spiro atoms. The van der Waals surface area contributed by atoms with Crippen molar-refractivity contribution in [3.63, 3.8) is 0 Å². The van der Waals surface area contributed by atoms with Crippen molar-refractivity contribution >= 4 is 5.91 Å². The molecule has 1 N–H and O–H groups in total. The molecule has 2 aromatic carbocycles. The zero-order valence-corrected chi connectivity index (χ0v) is 17.3. The van der Waals surface area contributed by atoms with Crippen molar-refractivity contribution in [1.29, 1.82) is 0 Å². The maximum atomic E-state index is 13.2. The highest BCUT2D eigenvalue weighted by Gasteiger charge is 2.22. The lowest BCUT2D eigenvalue weighted by Gasteiger charge is -2.14. The van der Waals surface area contributed by atoms with Crippen molar-refractivity contribution in [2.24, 2.45) is 0 Å². The van der Waals surface area contributed by atoms with Crippen molar-refractivity contribution in [2.75, 3.05) is 13.2 Å². The van der Waals surface area contributed by atoms with Gasteiger partial charge in [-0.25, -0.2) is 4.79 Å². The Morgan fingerprint density at radius 3 is 2.68 bits per heavy atom. The van der Waals surface area contributed by atoms with Crippen LogP contribution in [0.25, 0.3) is 5.69 Å². The van der Waals surface area contributed by atoms with Gasteiger partial charge in [0.15, 0.2) is 0 Å². The van der Waals surface area contributed by atoms with Crippen LogP contribution in [0.2, 0.25) is 0 Å². The van der Waals surface area contributed by atoms with E-state index in [0.29, 0.717) is 18.8 Å². The topological polar surface area (TPSA) is 95.2 Å². The van der Waals surface area contributed by atoms with Crippen LogP contribution in [0.3, 0.4) is 0 Å². The predicted molar refractivity (Wildman–Crippen MR) is 116 cm³/mol. The molecule has 0 aliphatic carbocycles. The Hall–Kier alpha value is -3.52. The first kappa shape index (κ1) is 20.7. The number of nitrogens with zero attached hydrogens (tertiary/aromatic N) is 3. The number of aromatic nitrogens is 3. The highest BCUT2D eigenvalue weighted by Crippen LogP contribution is 2.11. The van der Waals surface area contributed by atoms with E-state index in [9.17, 15) is 14.4 Å². The summed E-state index contributed by atoms with van der Waals surface area (Å²) >= 11 is 0. The lowest BCUT2D eigenvalue weighted by atomic mass is 10.2. The zero-order chi connectivity index (χ0) is 21.8. The van der Waals surface area contributed by atoms with E-state index in [2.05, 4.69) is 10.4 Å². The number of carbonyl (C=O) groups is 1. The third-order valence-corrected chi connectivity index (χ3v) is 5.22. The Balaban J connectivity index is 1.76. The van der Waals surface area contributed by atoms with Crippen LogP contribution >= 0.6 is 0 Å². The Labute approximate surface area is 179 Å². The van der Waals surface area contributed by atoms with Gasteiger partial charge in [0.1, 0.15) is 0 Å². The van der Waals surface area contributed by atoms with Gasteiger partial charge in [-0.2, -0.15) is 9.78 Å². The minimum atomic E-state index is -0.720. The lowest BCUT2D eigenvalue weighted by molar-refractivity contribution is 0.0849. The van der Waals surface area contributed by atoms with Crippen molar-refractivity contribution < 1.29 is 9.53 Å². The highest BCUT2D eigenvalue weighted by atomic mass is 16.5. The number of carbonyl (C=O) groups excluding carboxylic acids is 1. The molecule has 31 heavy (non-hydrogen) atoms. The molecule has 2 heterocycles. The molecule has 1 amide bonds. The van der Waals surface area contributed by atoms with Gasteiger partial charge in [0.05, 0.1) is 18.3 Å². The molecule has 4 rings (SSSR count). The van der Waals surface area contributed by atoms with Gasteiger partial charge in [0.2, 0.25) is 5.69 Å². The molecule has 1 aliphatic heterocycles. The fourth-order valence-electron chi connectivity index (χ4n) is 3.59. The first-order valence-electron chi connectivity index (χ1n) is 10.3. The number of aryl methyl sites for hydroxylation is 1. The van der Waals surface area contributed by atoms with Crippen molar-refractivity contribution in [2.45, 2.75) is 32.4 Å². The molecule has 8 heteroatoms. The Morgan fingerprint density at radius 1 is 1.16 bits per heavy atom. The van der Waals surface area contributed by atoms with E-state index in [-0.39, 0.29) is 18.3 Å². The monoisotopic (exact) mass is 420 g/mol. The van der Waals surface area contributed by atoms with Crippen LogP contribution in [0.15, 0.2) is 64.2 Å². The van der Waals surface area contributed by atoms with E-state index in [0.717, 1.165) is 33.2 Å². The third-order valence-electron chi connectivity index (χ3n) is 5.22. The second-order valence-electron chi connectivity index (χ2n) is 7.60. The number of hydrogen-bond donors (Lipinski definition) is 1. The van der Waals surface area contributed by atoms with Crippen LogP contribution < -0.4 is 16.6 Å². The number of benzene rings is 2. The standard InChI is InChI=1S/C23H24N4O4/c1-16-7-5-10-18(13-16)27-23(30)26(15-17-8-3-2-4-9-17)22(29)20(25-27)21(28)24-14-19-11-6-12-31-19/h2-5,7-10,13,19H,6,11-12,14-15H2,1H3,(H,24,28). The summed E-state index contributed by atoms with van der Waals surface area (Å²) in [5, 5.41) is 6.88. The quantitative estimate of drug-likeness (QED) is 0.654. The number of nitrogens with one attached hydrogen (secondary N) is 1. The molecule has 1 fully saturated rings. The fraction of sp³-hybridized carbons (Fsp3) is 0.304. The largest absolute Gasteiger partial charge is 0.376 e. The molecule has 8 nitrogen and oxygen atoms in total. The number of amides is 1. The minimum absolute atomic E-state index is 0.0405. The SMILES string of the molecule is Cc1cccc(-n2nc(C(=O)NCC3CCCO3)c(=O)n(Cc3ccccc3)c2=O)c1. The first-order valence-corrected chi connectivity index (χ1v) is 10.3. The molecule has 3 aromatic rings. The first-order chi connectivity index (χ1) is 15.0. The summed E-state index contributed by atoms with van der Waals surface area (Å²) in [6.45, 7) is 2.89. The minimum Gasteiger partial charge on any atom is -0.376 e. The molecule has 0 radical (unpaired) electrons. The van der Waals surface area contributed by atoms with E-state index in [1.165, 1.54) is 0 Å². The summed E-state index contributed by atoms with van der Waals surface area (Å²) < 4.78 is 7.68. The molecular formula is C23H24N4O4. The van der Waals surface area contributed by atoms with Gasteiger partial charge in [-0.15, -0.1) is 0 Å². The lowest BCUT2D eigenvalue weighted by Crippen LogP contribution is -2.46. The second-order valence-corrected chi connectivity index (χ2v) is 7.60. The summed E-state index contributed by atoms with van der Waals surface area (Å²) in [6, 6.07) is 16.3. The summed E-state index contributed by atoms with van der Waals surface area (Å²) in [6.07, 6.45) is 1.73. The van der Waals surface area contributed by atoms with E-state index < -0.39 is 17.2 Å². The average molecular weight is 420 g/mol. The van der Waals surface area contributed by atoms with E-state index >= 15 is 0 Å². The maximum absolute atomic E-state index is 13.2. The van der Waals surface area contributed by atoms with Crippen LogP contribution in [0.4, 0.5) is 0 Å². The molecule has 1 atom stereocenters. The average Bonchev–Trinajstić information content (AvgIpc) is 3.29. The Bertz CT molecular complexity index is 1190. The smallest absolute Gasteiger partial charge is 0.352 e. The molecule has 1 aliphatic rings. The van der Waals surface area contributed by atoms with Crippen LogP contribution in [-0.4, -0.2) is 39.5 Å². The molecule has 0 saturated carbocycles. The fourth-order valence-corrected chi connectivity index (χ4v) is 3.59. The summed E-state index contributed by atoms with van der Waals surface area (Å²) in [5.74, 6) is -0.622. The number of ether oxygens (including phenoxy) is 1. The van der Waals surface area contributed by atoms with Crippen LogP contribution in [0.1, 0.15) is 34.5 Å². The summed E-state index contributed by atoms with van der Waals surface area (Å²) in [4.78, 5) is 39.1. The zero-order valence-electron chi connectivity index (χ0n) is 17.3. The third kappa shape index (κ3) is 4.64. The maximum Gasteiger partial charge on any atom is 0.352 e. The van der Waals surface area contributed by atoms with E-state index in [1.807, 2.05) is 43.3 Å². The van der Waals surface area contributed by atoms with Gasteiger partial charge < -0.3 is 10.1 Å². The van der Waals surface area contributed by atoms with Crippen molar-refractivity contribution in [3.8, 4) is 5.69 Å². The Kier molecular flexibility index (Phi) is 6.08. The van der Waals surface area contributed by atoms with Gasteiger partial charge in [-0.3, -0.25) is 14.2 Å². The Morgan fingerprint density at radius 2 is 1.97 bits per heavy atom. The van der Waals surface area contributed by atoms with Crippen LogP contribution in [0.5, 0.6) is 0 Å². The van der Waals surface area contributed by atoms with Crippen LogP contribution in [0, 0.1) is 6.92 Å². The molecule has 1 unspecified atom stereocenters. The van der Waals surface area contributed by atoms with Crippen LogP contribution in [-0.2, 0) is 11.3 Å². The highest BCUT2D eigenvalue weighted by molar-refractivity contribution is 5.91. The van der Waals surface area contributed by atoms with Gasteiger partial charge in [0, 0.05) is 13.2 Å². The van der Waals surface area contributed by atoms with Crippen molar-refractivity contribution in [3.05, 3.63) is 92.3 Å². The van der Waals surface area contributed by atoms with E-state index in [4.69, 9.17) is 4.74 Å². The van der Waals surface area contributed by atoms with E-state index in [1.54, 1.807) is 18.2 Å². The predicted octanol–water partition coefficient (Wildman–Crippen LogP) is 1.66. The number of hydrogen-bond acceptors (Lipinski definition) is 5. The number of rotatable bonds is 6. The summed E-state index contributed by atoms with van der Waals surface area (Å²) in [5.41, 5.74) is 0.540. The van der Waals surface area contributed by atoms with Gasteiger partial charge in [-0.05, 0) is 43.0 Å². The molecule has 0 bridgehead atoms. The van der Waals surface area contributed by atoms with Gasteiger partial charge in [0.25, 0.3) is 11.5 Å². The molecule has 1 aromatic heterocycles. The molecule has 160 valence electrons.